The van der Waals surface area contributed by atoms with Crippen molar-refractivity contribution in [1.29, 1.82) is 0 Å². The largest absolute Gasteiger partial charge is 0.481 e. The third-order valence-corrected chi connectivity index (χ3v) is 8.30. The Labute approximate surface area is 279 Å². The molecule has 0 aliphatic heterocycles. The lowest BCUT2D eigenvalue weighted by molar-refractivity contribution is -0.150. The summed E-state index contributed by atoms with van der Waals surface area (Å²) in [5.41, 5.74) is 0. The molecule has 0 fully saturated rings. The first-order valence-electron chi connectivity index (χ1n) is 19.1. The number of carbonyl (C=O) groups is 2. The first-order valence-corrected chi connectivity index (χ1v) is 19.1. The number of aliphatic carboxylic acids is 1. The second-order valence-electron chi connectivity index (χ2n) is 12.8. The molecule has 1 N–H and O–H groups in total. The van der Waals surface area contributed by atoms with Crippen molar-refractivity contribution < 1.29 is 19.4 Å². The van der Waals surface area contributed by atoms with Crippen LogP contribution in [0.4, 0.5) is 0 Å². The lowest BCUT2D eigenvalue weighted by Crippen LogP contribution is -2.18. The van der Waals surface area contributed by atoms with Gasteiger partial charge < -0.3 is 9.84 Å². The van der Waals surface area contributed by atoms with E-state index in [0.717, 1.165) is 57.8 Å². The molecule has 0 spiro atoms. The summed E-state index contributed by atoms with van der Waals surface area (Å²) in [6.07, 6.45) is 48.3. The van der Waals surface area contributed by atoms with Gasteiger partial charge in [0, 0.05) is 12.8 Å². The van der Waals surface area contributed by atoms with Crippen molar-refractivity contribution in [3.05, 3.63) is 48.6 Å². The fourth-order valence-corrected chi connectivity index (χ4v) is 5.47. The fourth-order valence-electron chi connectivity index (χ4n) is 5.47. The highest BCUT2D eigenvalue weighted by atomic mass is 16.5. The maximum Gasteiger partial charge on any atom is 0.306 e. The number of allylic oxidation sites excluding steroid dienone is 8. The zero-order chi connectivity index (χ0) is 32.9. The van der Waals surface area contributed by atoms with Crippen LogP contribution in [0.5, 0.6) is 0 Å². The van der Waals surface area contributed by atoms with Gasteiger partial charge in [-0.05, 0) is 77.0 Å². The van der Waals surface area contributed by atoms with Crippen LogP contribution in [0, 0.1) is 0 Å². The number of rotatable bonds is 34. The molecule has 0 bridgehead atoms. The third kappa shape index (κ3) is 36.2. The van der Waals surface area contributed by atoms with E-state index < -0.39 is 5.97 Å². The molecule has 4 heteroatoms. The summed E-state index contributed by atoms with van der Waals surface area (Å²) in [5, 5.41) is 8.99. The van der Waals surface area contributed by atoms with Crippen molar-refractivity contribution in [2.24, 2.45) is 0 Å². The average Bonchev–Trinajstić information content (AvgIpc) is 3.02. The van der Waals surface area contributed by atoms with Crippen molar-refractivity contribution >= 4 is 11.9 Å². The second-order valence-corrected chi connectivity index (χ2v) is 12.8. The quantitative estimate of drug-likeness (QED) is 0.0437. The predicted molar refractivity (Wildman–Crippen MR) is 195 cm³/mol. The standard InChI is InChI=1S/C41H72O4/c1-3-5-7-9-11-13-15-16-17-18-19-20-21-22-23-24-25-27-29-31-33-38-41(44)45-39(36-34-37-40(42)43)35-32-30-28-26-14-12-10-8-6-4-2/h11,13,16-17,19-20,22-23,39H,3-10,12,14-15,18,21,24-38H2,1-2H3,(H,42,43)/b13-11-,17-16-,20-19-,23-22-. The molecule has 1 unspecified atom stereocenters. The zero-order valence-corrected chi connectivity index (χ0v) is 29.7. The highest BCUT2D eigenvalue weighted by Crippen LogP contribution is 2.18. The van der Waals surface area contributed by atoms with Crippen LogP contribution in [0.15, 0.2) is 48.6 Å². The smallest absolute Gasteiger partial charge is 0.306 e. The molecule has 0 aromatic rings. The third-order valence-electron chi connectivity index (χ3n) is 8.30. The van der Waals surface area contributed by atoms with E-state index >= 15 is 0 Å². The molecule has 0 amide bonds. The predicted octanol–water partition coefficient (Wildman–Crippen LogP) is 13.2. The maximum absolute atomic E-state index is 12.5. The van der Waals surface area contributed by atoms with Gasteiger partial charge >= 0.3 is 11.9 Å². The molecule has 260 valence electrons. The zero-order valence-electron chi connectivity index (χ0n) is 29.7. The van der Waals surface area contributed by atoms with Crippen LogP contribution in [0.3, 0.4) is 0 Å². The van der Waals surface area contributed by atoms with Gasteiger partial charge in [0.15, 0.2) is 0 Å². The molecule has 1 atom stereocenters. The summed E-state index contributed by atoms with van der Waals surface area (Å²) in [5.74, 6) is -0.884. The molecule has 0 radical (unpaired) electrons. The van der Waals surface area contributed by atoms with Crippen molar-refractivity contribution in [3.63, 3.8) is 0 Å². The summed E-state index contributed by atoms with van der Waals surface area (Å²) in [6, 6.07) is 0. The van der Waals surface area contributed by atoms with Gasteiger partial charge in [-0.1, -0.05) is 152 Å². The molecule has 0 aliphatic rings. The first-order chi connectivity index (χ1) is 22.1. The Hall–Kier alpha value is -2.10. The summed E-state index contributed by atoms with van der Waals surface area (Å²) in [6.45, 7) is 4.50. The Bertz CT molecular complexity index is 763. The highest BCUT2D eigenvalue weighted by molar-refractivity contribution is 5.69. The van der Waals surface area contributed by atoms with Crippen molar-refractivity contribution in [2.45, 2.75) is 200 Å². The molecule has 45 heavy (non-hydrogen) atoms. The van der Waals surface area contributed by atoms with Crippen LogP contribution in [0.25, 0.3) is 0 Å². The minimum atomic E-state index is -0.776. The normalized spacial score (nSPS) is 12.8. The minimum Gasteiger partial charge on any atom is -0.481 e. The SMILES string of the molecule is CCCCC/C=C\C/C=C\C/C=C\C/C=C\CCCCCCCC(=O)OC(CCCCCCCCCCCC)CCCC(=O)O. The molecular weight excluding hydrogens is 556 g/mol. The molecule has 0 aromatic heterocycles. The number of hydrogen-bond donors (Lipinski definition) is 1. The van der Waals surface area contributed by atoms with Crippen molar-refractivity contribution in [1.82, 2.24) is 0 Å². The Morgan fingerprint density at radius 1 is 0.489 bits per heavy atom. The number of carboxylic acids is 1. The molecular formula is C41H72O4. The lowest BCUT2D eigenvalue weighted by Gasteiger charge is -2.18. The summed E-state index contributed by atoms with van der Waals surface area (Å²) >= 11 is 0. The van der Waals surface area contributed by atoms with Gasteiger partial charge in [0.1, 0.15) is 6.10 Å². The van der Waals surface area contributed by atoms with Crippen LogP contribution in [0.2, 0.25) is 0 Å². The molecule has 4 nitrogen and oxygen atoms in total. The van der Waals surface area contributed by atoms with E-state index in [-0.39, 0.29) is 18.5 Å². The number of carboxylic acid groups (broad SMARTS) is 1. The van der Waals surface area contributed by atoms with E-state index in [0.29, 0.717) is 19.3 Å². The van der Waals surface area contributed by atoms with E-state index in [1.54, 1.807) is 0 Å². The van der Waals surface area contributed by atoms with Gasteiger partial charge in [-0.15, -0.1) is 0 Å². The molecule has 0 aromatic carbocycles. The Morgan fingerprint density at radius 3 is 1.42 bits per heavy atom. The average molecular weight is 629 g/mol. The minimum absolute atomic E-state index is 0.108. The Kier molecular flexibility index (Phi) is 34.7. The van der Waals surface area contributed by atoms with Crippen LogP contribution < -0.4 is 0 Å². The number of carbonyl (C=O) groups excluding carboxylic acids is 1. The van der Waals surface area contributed by atoms with Crippen LogP contribution >= 0.6 is 0 Å². The number of hydrogen-bond acceptors (Lipinski definition) is 3. The monoisotopic (exact) mass is 629 g/mol. The van der Waals surface area contributed by atoms with Crippen molar-refractivity contribution in [3.8, 4) is 0 Å². The van der Waals surface area contributed by atoms with Crippen LogP contribution in [-0.2, 0) is 14.3 Å². The number of ether oxygens (including phenoxy) is 1. The Morgan fingerprint density at radius 2 is 0.889 bits per heavy atom. The van der Waals surface area contributed by atoms with E-state index in [2.05, 4.69) is 62.5 Å². The topological polar surface area (TPSA) is 63.6 Å². The molecule has 0 heterocycles. The van der Waals surface area contributed by atoms with E-state index in [9.17, 15) is 9.59 Å². The second kappa shape index (κ2) is 36.4. The van der Waals surface area contributed by atoms with Gasteiger partial charge in [0.2, 0.25) is 0 Å². The highest BCUT2D eigenvalue weighted by Gasteiger charge is 2.15. The molecule has 0 aliphatic carbocycles. The van der Waals surface area contributed by atoms with Crippen LogP contribution in [-0.4, -0.2) is 23.1 Å². The Balaban J connectivity index is 3.84. The molecule has 0 rings (SSSR count). The first kappa shape index (κ1) is 42.9. The van der Waals surface area contributed by atoms with Gasteiger partial charge in [-0.3, -0.25) is 9.59 Å². The van der Waals surface area contributed by atoms with Crippen LogP contribution in [0.1, 0.15) is 194 Å². The van der Waals surface area contributed by atoms with E-state index in [1.807, 2.05) is 0 Å². The number of esters is 1. The van der Waals surface area contributed by atoms with E-state index in [4.69, 9.17) is 9.84 Å². The lowest BCUT2D eigenvalue weighted by atomic mass is 10.0. The summed E-state index contributed by atoms with van der Waals surface area (Å²) < 4.78 is 5.81. The van der Waals surface area contributed by atoms with Crippen molar-refractivity contribution in [2.75, 3.05) is 0 Å². The van der Waals surface area contributed by atoms with Gasteiger partial charge in [0.25, 0.3) is 0 Å². The maximum atomic E-state index is 12.5. The molecule has 0 saturated carbocycles. The number of unbranched alkanes of at least 4 members (excludes halogenated alkanes) is 17. The summed E-state index contributed by atoms with van der Waals surface area (Å²) in [4.78, 5) is 23.4. The van der Waals surface area contributed by atoms with Gasteiger partial charge in [-0.25, -0.2) is 0 Å². The summed E-state index contributed by atoms with van der Waals surface area (Å²) in [7, 11) is 0. The van der Waals surface area contributed by atoms with Gasteiger partial charge in [-0.2, -0.15) is 0 Å². The van der Waals surface area contributed by atoms with E-state index in [1.165, 1.54) is 96.3 Å². The van der Waals surface area contributed by atoms with Gasteiger partial charge in [0.05, 0.1) is 0 Å². The fraction of sp³-hybridized carbons (Fsp3) is 0.756. The molecule has 0 saturated heterocycles.